The Morgan fingerprint density at radius 1 is 0.946 bits per heavy atom. The topological polar surface area (TPSA) is 94.2 Å². The van der Waals surface area contributed by atoms with Crippen LogP contribution in [-0.4, -0.2) is 61.0 Å². The fourth-order valence-corrected chi connectivity index (χ4v) is 5.14. The maximum Gasteiger partial charge on any atom is 0.409 e. The molecule has 0 radical (unpaired) electrons. The fourth-order valence-electron chi connectivity index (χ4n) is 5.14. The lowest BCUT2D eigenvalue weighted by Crippen LogP contribution is -2.52. The maximum absolute atomic E-state index is 12.9. The van der Waals surface area contributed by atoms with Gasteiger partial charge in [0.1, 0.15) is 18.2 Å². The van der Waals surface area contributed by atoms with Gasteiger partial charge in [0.2, 0.25) is 0 Å². The highest BCUT2D eigenvalue weighted by atomic mass is 16.6. The Bertz CT molecular complexity index is 1090. The number of hydrogen-bond acceptors (Lipinski definition) is 6. The van der Waals surface area contributed by atoms with Crippen LogP contribution in [0, 0.1) is 5.92 Å². The maximum atomic E-state index is 12.9. The molecule has 8 heteroatoms. The molecule has 4 rings (SSSR count). The van der Waals surface area contributed by atoms with Crippen LogP contribution in [-0.2, 0) is 19.0 Å². The van der Waals surface area contributed by atoms with E-state index in [4.69, 9.17) is 14.2 Å². The molecule has 2 aliphatic rings. The summed E-state index contributed by atoms with van der Waals surface area (Å²) in [5.41, 5.74) is 4.02. The molecular weight excluding hydrogens is 472 g/mol. The second-order valence-electron chi connectivity index (χ2n) is 10.5. The number of carbonyl (C=O) groups is 3. The Morgan fingerprint density at radius 3 is 2.05 bits per heavy atom. The monoisotopic (exact) mass is 508 g/mol. The standard InChI is InChI=1S/C29H36N2O6/c1-5-35-26(32)25(30-27(33)37-29(2,3)4)19-14-16-31(17-15-19)28(34)36-18-24-22-12-8-6-10-20(22)21-11-7-9-13-23(21)24/h6-13,19,24-25H,5,14-18H2,1-4H3,(H,30,33). The summed E-state index contributed by atoms with van der Waals surface area (Å²) in [5, 5.41) is 2.68. The number of amides is 2. The Hall–Kier alpha value is -3.55. The second-order valence-corrected chi connectivity index (χ2v) is 10.5. The molecule has 0 saturated carbocycles. The third kappa shape index (κ3) is 6.24. The summed E-state index contributed by atoms with van der Waals surface area (Å²) < 4.78 is 16.3. The van der Waals surface area contributed by atoms with Crippen molar-refractivity contribution >= 4 is 18.2 Å². The van der Waals surface area contributed by atoms with Gasteiger partial charge in [-0.15, -0.1) is 0 Å². The van der Waals surface area contributed by atoms with Gasteiger partial charge in [-0.05, 0) is 68.7 Å². The lowest BCUT2D eigenvalue weighted by molar-refractivity contribution is -0.147. The molecule has 1 aliphatic heterocycles. The van der Waals surface area contributed by atoms with Crippen molar-refractivity contribution in [3.8, 4) is 11.1 Å². The Labute approximate surface area is 218 Å². The average Bonchev–Trinajstić information content (AvgIpc) is 3.19. The largest absolute Gasteiger partial charge is 0.464 e. The van der Waals surface area contributed by atoms with Gasteiger partial charge < -0.3 is 24.4 Å². The molecule has 1 heterocycles. The van der Waals surface area contributed by atoms with Crippen LogP contribution < -0.4 is 5.32 Å². The minimum absolute atomic E-state index is 0.000104. The van der Waals surface area contributed by atoms with Crippen molar-refractivity contribution in [2.24, 2.45) is 5.92 Å². The lowest BCUT2D eigenvalue weighted by Gasteiger charge is -2.35. The quantitative estimate of drug-likeness (QED) is 0.431. The number of nitrogens with one attached hydrogen (secondary N) is 1. The van der Waals surface area contributed by atoms with Crippen molar-refractivity contribution in [2.45, 2.75) is 58.1 Å². The van der Waals surface area contributed by atoms with Crippen LogP contribution in [0.1, 0.15) is 57.6 Å². The van der Waals surface area contributed by atoms with E-state index in [0.29, 0.717) is 25.9 Å². The molecule has 0 bridgehead atoms. The molecule has 1 fully saturated rings. The highest BCUT2D eigenvalue weighted by Crippen LogP contribution is 2.44. The Morgan fingerprint density at radius 2 is 1.51 bits per heavy atom. The first-order valence-electron chi connectivity index (χ1n) is 12.9. The number of nitrogens with zero attached hydrogens (tertiary/aromatic N) is 1. The van der Waals surface area contributed by atoms with Crippen molar-refractivity contribution < 1.29 is 28.6 Å². The van der Waals surface area contributed by atoms with Gasteiger partial charge >= 0.3 is 18.2 Å². The van der Waals surface area contributed by atoms with Gasteiger partial charge in [0.25, 0.3) is 0 Å². The van der Waals surface area contributed by atoms with E-state index in [2.05, 4.69) is 29.6 Å². The molecule has 1 unspecified atom stereocenters. The number of rotatable bonds is 6. The zero-order valence-electron chi connectivity index (χ0n) is 22.0. The van der Waals surface area contributed by atoms with Gasteiger partial charge in [-0.3, -0.25) is 0 Å². The molecule has 2 aromatic rings. The van der Waals surface area contributed by atoms with Crippen LogP contribution in [0.5, 0.6) is 0 Å². The first kappa shape index (κ1) is 26.5. The number of esters is 1. The number of hydrogen-bond donors (Lipinski definition) is 1. The van der Waals surface area contributed by atoms with Gasteiger partial charge in [-0.2, -0.15) is 0 Å². The van der Waals surface area contributed by atoms with Crippen molar-refractivity contribution in [3.63, 3.8) is 0 Å². The molecule has 37 heavy (non-hydrogen) atoms. The number of carbonyl (C=O) groups excluding carboxylic acids is 3. The van der Waals surface area contributed by atoms with Crippen LogP contribution in [0.3, 0.4) is 0 Å². The number of alkyl carbamates (subject to hydrolysis) is 1. The number of fused-ring (bicyclic) bond motifs is 3. The van der Waals surface area contributed by atoms with Crippen molar-refractivity contribution in [3.05, 3.63) is 59.7 Å². The highest BCUT2D eigenvalue weighted by Gasteiger charge is 2.36. The van der Waals surface area contributed by atoms with Crippen LogP contribution in [0.25, 0.3) is 11.1 Å². The van der Waals surface area contributed by atoms with E-state index in [1.807, 2.05) is 24.3 Å². The van der Waals surface area contributed by atoms with Gasteiger partial charge in [-0.25, -0.2) is 14.4 Å². The normalized spacial score (nSPS) is 16.4. The summed E-state index contributed by atoms with van der Waals surface area (Å²) in [6.07, 6.45) is 0.0325. The van der Waals surface area contributed by atoms with Gasteiger partial charge in [-0.1, -0.05) is 48.5 Å². The number of likely N-dealkylation sites (tertiary alicyclic amines) is 1. The van der Waals surface area contributed by atoms with E-state index < -0.39 is 23.7 Å². The van der Waals surface area contributed by atoms with Crippen LogP contribution in [0.2, 0.25) is 0 Å². The summed E-state index contributed by atoms with van der Waals surface area (Å²) in [7, 11) is 0. The molecule has 8 nitrogen and oxygen atoms in total. The fraction of sp³-hybridized carbons (Fsp3) is 0.483. The van der Waals surface area contributed by atoms with Crippen molar-refractivity contribution in [1.82, 2.24) is 10.2 Å². The first-order valence-corrected chi connectivity index (χ1v) is 12.9. The summed E-state index contributed by atoms with van der Waals surface area (Å²) in [4.78, 5) is 39.6. The SMILES string of the molecule is CCOC(=O)C(NC(=O)OC(C)(C)C)C1CCN(C(=O)OCC2c3ccccc3-c3ccccc32)CC1. The van der Waals surface area contributed by atoms with E-state index in [9.17, 15) is 14.4 Å². The van der Waals surface area contributed by atoms with Crippen LogP contribution in [0.4, 0.5) is 9.59 Å². The van der Waals surface area contributed by atoms with Gasteiger partial charge in [0.15, 0.2) is 0 Å². The van der Waals surface area contributed by atoms with E-state index in [-0.39, 0.29) is 31.1 Å². The zero-order valence-corrected chi connectivity index (χ0v) is 22.0. The van der Waals surface area contributed by atoms with E-state index in [1.165, 1.54) is 22.3 Å². The summed E-state index contributed by atoms with van der Waals surface area (Å²) in [6.45, 7) is 8.33. The predicted molar refractivity (Wildman–Crippen MR) is 139 cm³/mol. The highest BCUT2D eigenvalue weighted by molar-refractivity contribution is 5.82. The molecule has 1 N–H and O–H groups in total. The molecule has 198 valence electrons. The van der Waals surface area contributed by atoms with Crippen LogP contribution in [0.15, 0.2) is 48.5 Å². The van der Waals surface area contributed by atoms with Crippen LogP contribution >= 0.6 is 0 Å². The van der Waals surface area contributed by atoms with Gasteiger partial charge in [0, 0.05) is 19.0 Å². The predicted octanol–water partition coefficient (Wildman–Crippen LogP) is 5.10. The average molecular weight is 509 g/mol. The van der Waals surface area contributed by atoms with E-state index >= 15 is 0 Å². The lowest BCUT2D eigenvalue weighted by atomic mass is 9.89. The van der Waals surface area contributed by atoms with E-state index in [0.717, 1.165) is 0 Å². The minimum Gasteiger partial charge on any atom is -0.464 e. The number of benzene rings is 2. The molecule has 0 spiro atoms. The summed E-state index contributed by atoms with van der Waals surface area (Å²) in [6, 6.07) is 15.6. The third-order valence-electron chi connectivity index (χ3n) is 6.82. The Kier molecular flexibility index (Phi) is 8.05. The van der Waals surface area contributed by atoms with Crippen molar-refractivity contribution in [2.75, 3.05) is 26.3 Å². The molecular formula is C29H36N2O6. The Balaban J connectivity index is 1.34. The van der Waals surface area contributed by atoms with E-state index in [1.54, 1.807) is 32.6 Å². The summed E-state index contributed by atoms with van der Waals surface area (Å²) in [5.74, 6) is -0.669. The third-order valence-corrected chi connectivity index (χ3v) is 6.82. The van der Waals surface area contributed by atoms with Gasteiger partial charge in [0.05, 0.1) is 6.61 Å². The molecule has 1 aliphatic carbocycles. The summed E-state index contributed by atoms with van der Waals surface area (Å²) >= 11 is 0. The smallest absolute Gasteiger partial charge is 0.409 e. The molecule has 1 atom stereocenters. The molecule has 2 aromatic carbocycles. The molecule has 2 amide bonds. The molecule has 0 aromatic heterocycles. The number of ether oxygens (including phenoxy) is 3. The number of piperidine rings is 1. The second kappa shape index (κ2) is 11.2. The first-order chi connectivity index (χ1) is 17.7. The van der Waals surface area contributed by atoms with Crippen molar-refractivity contribution in [1.29, 1.82) is 0 Å². The molecule has 1 saturated heterocycles. The zero-order chi connectivity index (χ0) is 26.6. The minimum atomic E-state index is -0.834.